The molecule has 1 N–H and O–H groups in total. The zero-order valence-electron chi connectivity index (χ0n) is 42.2. The van der Waals surface area contributed by atoms with Crippen LogP contribution in [0, 0.1) is 0 Å². The van der Waals surface area contributed by atoms with Gasteiger partial charge in [0.15, 0.2) is 0 Å². The Hall–Kier alpha value is -9.41. The Morgan fingerprint density at radius 1 is 0.500 bits per heavy atom. The van der Waals surface area contributed by atoms with Crippen LogP contribution in [0.4, 0.5) is 5.69 Å². The zero-order valence-corrected chi connectivity index (χ0v) is 43.4. The van der Waals surface area contributed by atoms with Gasteiger partial charge in [-0.2, -0.15) is 5.10 Å². The first-order chi connectivity index (χ1) is 37.5. The molecule has 0 amide bonds. The first-order valence-corrected chi connectivity index (χ1v) is 26.2. The Bertz CT molecular complexity index is 4220. The van der Waals surface area contributed by atoms with Crippen LogP contribution < -0.4 is 10.7 Å². The standard InChI is InChI=1S/C70H53N4OP/c1-3-54(74-64-36-18-14-30-58(64)59-31-15-19-37-65(59)74)44-53(46-72-62-35-17-13-29-55(62)47-23-7-4-8-24-47)61(48-25-9-5-10-26-48)45-63(73-71-2)52-42-50(56-34-22-40-68(76)69(56)49-27-11-6-12-28-49)41-51(43-52)57-33-21-39-67-70(57)60-32-16-20-38-66(60)75-67/h3-46,71H,76H2,1-2H3/b53-44+,54-3+,61-45-,72-46?,73-63+. The molecule has 0 bridgehead atoms. The molecule has 76 heavy (non-hydrogen) atoms. The molecule has 12 aromatic rings. The average molecular weight is 997 g/mol. The van der Waals surface area contributed by atoms with Gasteiger partial charge in [0.05, 0.1) is 22.4 Å². The summed E-state index contributed by atoms with van der Waals surface area (Å²) in [5.41, 5.74) is 22.2. The molecule has 0 aliphatic carbocycles. The minimum absolute atomic E-state index is 0.736. The van der Waals surface area contributed by atoms with E-state index in [0.29, 0.717) is 0 Å². The fourth-order valence-electron chi connectivity index (χ4n) is 10.6. The molecule has 1 atom stereocenters. The Morgan fingerprint density at radius 3 is 1.78 bits per heavy atom. The van der Waals surface area contributed by atoms with Gasteiger partial charge >= 0.3 is 0 Å². The Morgan fingerprint density at radius 2 is 1.07 bits per heavy atom. The van der Waals surface area contributed by atoms with Crippen molar-refractivity contribution in [2.45, 2.75) is 6.92 Å². The maximum Gasteiger partial charge on any atom is 0.136 e. The highest BCUT2D eigenvalue weighted by Crippen LogP contribution is 2.41. The topological polar surface area (TPSA) is 54.8 Å². The summed E-state index contributed by atoms with van der Waals surface area (Å²) in [5, 5.41) is 10.8. The molecule has 364 valence electrons. The van der Waals surface area contributed by atoms with E-state index < -0.39 is 0 Å². The van der Waals surface area contributed by atoms with Crippen molar-refractivity contribution in [2.24, 2.45) is 10.1 Å². The number of aromatic nitrogens is 1. The third kappa shape index (κ3) is 9.19. The molecule has 0 spiro atoms. The van der Waals surface area contributed by atoms with Crippen LogP contribution in [0.15, 0.2) is 281 Å². The molecular weight excluding hydrogens is 944 g/mol. The fraction of sp³-hybridized carbons (Fsp3) is 0.0286. The summed E-state index contributed by atoms with van der Waals surface area (Å²) in [4.78, 5) is 5.41. The fourth-order valence-corrected chi connectivity index (χ4v) is 11.1. The lowest BCUT2D eigenvalue weighted by molar-refractivity contribution is 0.669. The second kappa shape index (κ2) is 21.2. The van der Waals surface area contributed by atoms with E-state index in [-0.39, 0.29) is 0 Å². The van der Waals surface area contributed by atoms with Gasteiger partial charge in [-0.3, -0.25) is 4.99 Å². The number of rotatable bonds is 13. The quantitative estimate of drug-likeness (QED) is 0.0542. The number of hydrazone groups is 1. The smallest absolute Gasteiger partial charge is 0.136 e. The van der Waals surface area contributed by atoms with Crippen molar-refractivity contribution in [1.29, 1.82) is 0 Å². The lowest BCUT2D eigenvalue weighted by atomic mass is 9.88. The number of nitrogens with one attached hydrogen (secondary N) is 1. The summed E-state index contributed by atoms with van der Waals surface area (Å²) >= 11 is 0. The predicted molar refractivity (Wildman–Crippen MR) is 327 cm³/mol. The number of hydrogen-bond donors (Lipinski definition) is 1. The van der Waals surface area contributed by atoms with Crippen LogP contribution in [-0.2, 0) is 0 Å². The maximum absolute atomic E-state index is 6.50. The van der Waals surface area contributed by atoms with Gasteiger partial charge in [-0.15, -0.1) is 9.24 Å². The van der Waals surface area contributed by atoms with Gasteiger partial charge in [-0.1, -0.05) is 200 Å². The maximum atomic E-state index is 6.50. The molecule has 12 rings (SSSR count). The monoisotopic (exact) mass is 996 g/mol. The van der Waals surface area contributed by atoms with Crippen molar-refractivity contribution in [3.63, 3.8) is 0 Å². The summed E-state index contributed by atoms with van der Waals surface area (Å²) in [6.07, 6.45) is 8.70. The molecule has 0 saturated carbocycles. The second-order valence-electron chi connectivity index (χ2n) is 18.7. The van der Waals surface area contributed by atoms with Gasteiger partial charge in [0, 0.05) is 57.2 Å². The number of allylic oxidation sites excluding steroid dienone is 6. The van der Waals surface area contributed by atoms with Crippen LogP contribution in [-0.4, -0.2) is 23.5 Å². The first-order valence-electron chi connectivity index (χ1n) is 25.6. The highest BCUT2D eigenvalue weighted by molar-refractivity contribution is 7.28. The van der Waals surface area contributed by atoms with Crippen LogP contribution in [0.1, 0.15) is 18.1 Å². The molecule has 2 heterocycles. The molecule has 0 fully saturated rings. The first kappa shape index (κ1) is 47.6. The molecule has 1 unspecified atom stereocenters. The van der Waals surface area contributed by atoms with Crippen LogP contribution in [0.3, 0.4) is 0 Å². The van der Waals surface area contributed by atoms with E-state index >= 15 is 0 Å². The summed E-state index contributed by atoms with van der Waals surface area (Å²) in [6, 6.07) is 85.4. The molecule has 0 aliphatic heterocycles. The highest BCUT2D eigenvalue weighted by Gasteiger charge is 2.20. The van der Waals surface area contributed by atoms with Gasteiger partial charge in [-0.25, -0.2) is 0 Å². The van der Waals surface area contributed by atoms with Crippen molar-refractivity contribution >= 4 is 87.2 Å². The molecule has 6 heteroatoms. The third-order valence-corrected chi connectivity index (χ3v) is 14.6. The summed E-state index contributed by atoms with van der Waals surface area (Å²) in [7, 11) is 4.85. The summed E-state index contributed by atoms with van der Waals surface area (Å²) < 4.78 is 8.86. The lowest BCUT2D eigenvalue weighted by Crippen LogP contribution is -2.08. The Labute approximate surface area is 445 Å². The van der Waals surface area contributed by atoms with E-state index in [1.165, 1.54) is 10.8 Å². The van der Waals surface area contributed by atoms with Gasteiger partial charge in [0.2, 0.25) is 0 Å². The number of para-hydroxylation sites is 4. The number of hydrogen-bond acceptors (Lipinski definition) is 4. The third-order valence-electron chi connectivity index (χ3n) is 14.1. The van der Waals surface area contributed by atoms with Crippen molar-refractivity contribution < 1.29 is 4.42 Å². The number of furan rings is 1. The normalized spacial score (nSPS) is 12.7. The van der Waals surface area contributed by atoms with Crippen LogP contribution >= 0.6 is 9.24 Å². The minimum Gasteiger partial charge on any atom is -0.456 e. The molecule has 0 aliphatic rings. The van der Waals surface area contributed by atoms with Crippen LogP contribution in [0.5, 0.6) is 0 Å². The lowest BCUT2D eigenvalue weighted by Gasteiger charge is -2.18. The summed E-state index contributed by atoms with van der Waals surface area (Å²) in [6.45, 7) is 2.11. The number of aliphatic imine (C=N–C) groups is 1. The van der Waals surface area contributed by atoms with Crippen molar-refractivity contribution in [3.05, 3.63) is 278 Å². The number of benzene rings is 10. The average Bonchev–Trinajstić information content (AvgIpc) is 4.10. The minimum atomic E-state index is 0.736. The van der Waals surface area contributed by atoms with Gasteiger partial charge in [0.1, 0.15) is 11.2 Å². The predicted octanol–water partition coefficient (Wildman–Crippen LogP) is 17.8. The highest BCUT2D eigenvalue weighted by atomic mass is 31.0. The van der Waals surface area contributed by atoms with Crippen molar-refractivity contribution in [3.8, 4) is 44.5 Å². The van der Waals surface area contributed by atoms with Crippen molar-refractivity contribution in [2.75, 3.05) is 7.05 Å². The number of fused-ring (bicyclic) bond motifs is 6. The van der Waals surface area contributed by atoms with E-state index in [0.717, 1.165) is 122 Å². The van der Waals surface area contributed by atoms with E-state index in [4.69, 9.17) is 14.5 Å². The Kier molecular flexibility index (Phi) is 13.3. The van der Waals surface area contributed by atoms with Crippen molar-refractivity contribution in [1.82, 2.24) is 9.99 Å². The second-order valence-corrected chi connectivity index (χ2v) is 19.3. The molecule has 10 aromatic carbocycles. The largest absolute Gasteiger partial charge is 0.456 e. The molecule has 0 saturated heterocycles. The number of nitrogens with zero attached hydrogens (tertiary/aromatic N) is 3. The van der Waals surface area contributed by atoms with E-state index in [9.17, 15) is 0 Å². The van der Waals surface area contributed by atoms with Crippen LogP contribution in [0.2, 0.25) is 0 Å². The Balaban J connectivity index is 1.12. The van der Waals surface area contributed by atoms with E-state index in [1.807, 2.05) is 31.5 Å². The summed E-state index contributed by atoms with van der Waals surface area (Å²) in [5.74, 6) is 0. The van der Waals surface area contributed by atoms with Gasteiger partial charge in [-0.05, 0) is 123 Å². The molecule has 2 aromatic heterocycles. The van der Waals surface area contributed by atoms with Gasteiger partial charge in [0.25, 0.3) is 0 Å². The van der Waals surface area contributed by atoms with Gasteiger partial charge < -0.3 is 14.4 Å². The molecule has 0 radical (unpaired) electrons. The van der Waals surface area contributed by atoms with Crippen LogP contribution in [0.25, 0.3) is 99.5 Å². The molecular formula is C70H53N4OP. The van der Waals surface area contributed by atoms with E-state index in [1.54, 1.807) is 0 Å². The zero-order chi connectivity index (χ0) is 51.4. The molecule has 5 nitrogen and oxygen atoms in total. The van der Waals surface area contributed by atoms with E-state index in [2.05, 4.69) is 269 Å². The SMILES string of the molecule is C\C=C(/C=C(C=Nc1ccccc1-c1ccccc1)/C(=C\C(=N/NC)c1cc(-c2cccc(P)c2-c2ccccc2)cc(-c2cccc3oc4ccccc4c23)c1)c1ccccc1)n1c2ccccc2c2ccccc21.